The number of carbonyl (C=O) groups excluding carboxylic acids is 1. The lowest BCUT2D eigenvalue weighted by Gasteiger charge is -2.34. The number of rotatable bonds is 12. The lowest BCUT2D eigenvalue weighted by Crippen LogP contribution is -2.43. The molecule has 3 aromatic rings. The van der Waals surface area contributed by atoms with E-state index in [0.29, 0.717) is 34.4 Å². The molecule has 0 bridgehead atoms. The van der Waals surface area contributed by atoms with Crippen molar-refractivity contribution in [2.75, 3.05) is 57.6 Å². The van der Waals surface area contributed by atoms with Gasteiger partial charge < -0.3 is 40.0 Å². The van der Waals surface area contributed by atoms with Crippen LogP contribution in [0.2, 0.25) is 0 Å². The van der Waals surface area contributed by atoms with Crippen molar-refractivity contribution in [3.05, 3.63) is 53.7 Å². The summed E-state index contributed by atoms with van der Waals surface area (Å²) in [4.78, 5) is 14.5. The first-order valence-corrected chi connectivity index (χ1v) is 15.0. The lowest BCUT2D eigenvalue weighted by atomic mass is 10.0. The molecule has 2 heterocycles. The zero-order valence-corrected chi connectivity index (χ0v) is 26.1. The molecule has 1 unspecified atom stereocenters. The number of likely N-dealkylation sites (tertiary alicyclic amines) is 1. The first-order valence-electron chi connectivity index (χ1n) is 15.0. The number of carbonyl (C=O) groups is 1. The largest absolute Gasteiger partial charge is 0.495 e. The number of hydrogen-bond acceptors (Lipinski definition) is 7. The van der Waals surface area contributed by atoms with Gasteiger partial charge in [0.15, 0.2) is 0 Å². The van der Waals surface area contributed by atoms with E-state index in [0.717, 1.165) is 31.6 Å². The molecule has 0 spiro atoms. The zero-order valence-electron chi connectivity index (χ0n) is 26.1. The highest BCUT2D eigenvalue weighted by molar-refractivity contribution is 5.95. The van der Waals surface area contributed by atoms with E-state index in [9.17, 15) is 23.1 Å². The maximum atomic E-state index is 13.7. The number of methoxy groups -OCH3 is 2. The van der Waals surface area contributed by atoms with E-state index in [2.05, 4.69) is 32.7 Å². The van der Waals surface area contributed by atoms with Crippen molar-refractivity contribution >= 4 is 28.2 Å². The summed E-state index contributed by atoms with van der Waals surface area (Å²) >= 11 is 0. The molecular formula is C33H42F3N5O4. The van der Waals surface area contributed by atoms with Crippen molar-refractivity contribution in [1.29, 1.82) is 0 Å². The van der Waals surface area contributed by atoms with E-state index in [1.54, 1.807) is 43.5 Å². The summed E-state index contributed by atoms with van der Waals surface area (Å²) in [6.07, 6.45) is -3.29. The van der Waals surface area contributed by atoms with Crippen LogP contribution in [0.5, 0.6) is 5.75 Å². The van der Waals surface area contributed by atoms with E-state index in [4.69, 9.17) is 9.47 Å². The van der Waals surface area contributed by atoms with Crippen LogP contribution in [-0.2, 0) is 11.3 Å². The molecule has 1 fully saturated rings. The topological polar surface area (TPSA) is 100 Å². The fraction of sp³-hybridized carbons (Fsp3) is 0.485. The Kier molecular flexibility index (Phi) is 11.6. The van der Waals surface area contributed by atoms with Crippen molar-refractivity contribution in [3.63, 3.8) is 0 Å². The highest BCUT2D eigenvalue weighted by Crippen LogP contribution is 2.31. The van der Waals surface area contributed by atoms with Crippen LogP contribution in [0.4, 0.5) is 24.5 Å². The summed E-state index contributed by atoms with van der Waals surface area (Å²) in [6, 6.07) is 12.1. The van der Waals surface area contributed by atoms with E-state index in [1.165, 1.54) is 11.7 Å². The Morgan fingerprint density at radius 1 is 1.11 bits per heavy atom. The number of piperidine rings is 1. The van der Waals surface area contributed by atoms with Crippen LogP contribution < -0.4 is 20.7 Å². The second-order valence-corrected chi connectivity index (χ2v) is 11.5. The van der Waals surface area contributed by atoms with Crippen molar-refractivity contribution in [2.45, 2.75) is 57.6 Å². The quantitative estimate of drug-likeness (QED) is 0.216. The number of aromatic nitrogens is 1. The summed E-state index contributed by atoms with van der Waals surface area (Å²) in [6.45, 7) is 5.16. The van der Waals surface area contributed by atoms with Crippen LogP contribution in [-0.4, -0.2) is 91.9 Å². The third-order valence-corrected chi connectivity index (χ3v) is 7.53. The number of anilines is 2. The monoisotopic (exact) mass is 629 g/mol. The molecule has 4 N–H and O–H groups in total. The molecule has 1 aliphatic heterocycles. The summed E-state index contributed by atoms with van der Waals surface area (Å²) in [5, 5.41) is 20.2. The molecular weight excluding hydrogens is 587 g/mol. The third-order valence-electron chi connectivity index (χ3n) is 7.53. The van der Waals surface area contributed by atoms with Crippen LogP contribution in [0.25, 0.3) is 10.9 Å². The zero-order chi connectivity index (χ0) is 32.6. The van der Waals surface area contributed by atoms with Gasteiger partial charge in [-0.15, -0.1) is 0 Å². The number of nitrogens with zero attached hydrogens (tertiary/aromatic N) is 2. The molecule has 45 heavy (non-hydrogen) atoms. The highest BCUT2D eigenvalue weighted by atomic mass is 19.4. The summed E-state index contributed by atoms with van der Waals surface area (Å²) < 4.78 is 52.6. The Hall–Kier alpha value is -3.92. The van der Waals surface area contributed by atoms with Gasteiger partial charge in [0.2, 0.25) is 0 Å². The molecule has 1 amide bonds. The van der Waals surface area contributed by atoms with Crippen molar-refractivity contribution < 1.29 is 32.5 Å². The molecule has 244 valence electrons. The molecule has 0 radical (unpaired) electrons. The minimum atomic E-state index is -4.43. The number of β-amino-alcohol motifs (C(OH)–C–C–N with tert-alkyl or cyclic N) is 1. The van der Waals surface area contributed by atoms with Crippen LogP contribution in [0.1, 0.15) is 42.7 Å². The molecule has 4 rings (SSSR count). The van der Waals surface area contributed by atoms with Crippen LogP contribution in [0.15, 0.2) is 42.5 Å². The van der Waals surface area contributed by atoms with Gasteiger partial charge in [0, 0.05) is 55.5 Å². The first kappa shape index (κ1) is 34.0. The van der Waals surface area contributed by atoms with Crippen LogP contribution in [0, 0.1) is 11.8 Å². The molecule has 1 aliphatic rings. The highest BCUT2D eigenvalue weighted by Gasteiger charge is 2.30. The number of aliphatic hydroxyl groups is 1. The first-order chi connectivity index (χ1) is 21.5. The predicted octanol–water partition coefficient (Wildman–Crippen LogP) is 4.70. The molecule has 1 saturated heterocycles. The van der Waals surface area contributed by atoms with Gasteiger partial charge in [-0.25, -0.2) is 0 Å². The van der Waals surface area contributed by atoms with Gasteiger partial charge >= 0.3 is 6.18 Å². The third kappa shape index (κ3) is 9.53. The molecule has 0 aliphatic carbocycles. The summed E-state index contributed by atoms with van der Waals surface area (Å²) in [7, 11) is 3.05. The Bertz CT molecular complexity index is 1500. The molecule has 1 aromatic heterocycles. The fourth-order valence-corrected chi connectivity index (χ4v) is 5.48. The predicted molar refractivity (Wildman–Crippen MR) is 170 cm³/mol. The van der Waals surface area contributed by atoms with E-state index < -0.39 is 18.8 Å². The van der Waals surface area contributed by atoms with Gasteiger partial charge in [0.25, 0.3) is 5.91 Å². The van der Waals surface area contributed by atoms with Crippen LogP contribution in [0.3, 0.4) is 0 Å². The molecule has 9 nitrogen and oxygen atoms in total. The summed E-state index contributed by atoms with van der Waals surface area (Å²) in [5.41, 5.74) is 2.53. The van der Waals surface area contributed by atoms with Gasteiger partial charge in [-0.3, -0.25) is 4.79 Å². The second kappa shape index (κ2) is 15.4. The fourth-order valence-electron chi connectivity index (χ4n) is 5.48. The van der Waals surface area contributed by atoms with Gasteiger partial charge in [0.05, 0.1) is 43.3 Å². The van der Waals surface area contributed by atoms with Gasteiger partial charge in [-0.2, -0.15) is 13.2 Å². The normalized spacial score (nSPS) is 15.0. The number of benzene rings is 2. The number of fused-ring (bicyclic) bond motifs is 1. The standard InChI is InChI=1S/C33H42F3N5O4/c1-22(2)38-32(43)23-10-11-29(31(17-23)45-4)37-14-6-7-25-18-27-28(8-5-9-30(27)41(25)21-33(34,35)36)39-24-12-15-40(16-13-24)19-26(42)20-44-3/h5,8-11,17-18,22,24,26,37,39,42H,12-16,19-21H2,1-4H3,(H,38,43). The number of hydrogen-bond donors (Lipinski definition) is 4. The Morgan fingerprint density at radius 2 is 1.87 bits per heavy atom. The van der Waals surface area contributed by atoms with Crippen LogP contribution >= 0.6 is 0 Å². The van der Waals surface area contributed by atoms with Crippen molar-refractivity contribution in [2.24, 2.45) is 0 Å². The number of ether oxygens (including phenoxy) is 2. The van der Waals surface area contributed by atoms with Gasteiger partial charge in [-0.1, -0.05) is 12.0 Å². The SMILES string of the molecule is COCC(O)CN1CCC(Nc2cccc3c2cc(C#CCNc2ccc(C(=O)NC(C)C)cc2OC)n3CC(F)(F)F)CC1. The van der Waals surface area contributed by atoms with E-state index in [1.807, 2.05) is 19.9 Å². The smallest absolute Gasteiger partial charge is 0.406 e. The number of nitrogens with one attached hydrogen (secondary N) is 3. The number of aliphatic hydroxyl groups excluding tert-OH is 1. The Labute approximate surface area is 262 Å². The molecule has 2 aromatic carbocycles. The van der Waals surface area contributed by atoms with E-state index in [-0.39, 0.29) is 36.8 Å². The van der Waals surface area contributed by atoms with Gasteiger partial charge in [0.1, 0.15) is 12.3 Å². The average Bonchev–Trinajstić information content (AvgIpc) is 3.32. The number of alkyl halides is 3. The van der Waals surface area contributed by atoms with Crippen molar-refractivity contribution in [1.82, 2.24) is 14.8 Å². The molecule has 0 saturated carbocycles. The average molecular weight is 630 g/mol. The van der Waals surface area contributed by atoms with Gasteiger partial charge in [-0.05, 0) is 69.0 Å². The maximum Gasteiger partial charge on any atom is 0.406 e. The minimum absolute atomic E-state index is 0.0122. The van der Waals surface area contributed by atoms with Crippen molar-refractivity contribution in [3.8, 4) is 17.6 Å². The van der Waals surface area contributed by atoms with E-state index >= 15 is 0 Å². The molecule has 12 heteroatoms. The number of halogens is 3. The lowest BCUT2D eigenvalue weighted by molar-refractivity contribution is -0.140. The Balaban J connectivity index is 1.49. The maximum absolute atomic E-state index is 13.7. The molecule has 1 atom stereocenters. The second-order valence-electron chi connectivity index (χ2n) is 11.5. The Morgan fingerprint density at radius 3 is 2.53 bits per heavy atom. The summed E-state index contributed by atoms with van der Waals surface area (Å²) in [5.74, 6) is 6.10. The number of amides is 1. The minimum Gasteiger partial charge on any atom is -0.495 e.